The van der Waals surface area contributed by atoms with Crippen molar-refractivity contribution in [2.24, 2.45) is 0 Å². The summed E-state index contributed by atoms with van der Waals surface area (Å²) < 4.78 is 19.1. The Labute approximate surface area is 188 Å². The fourth-order valence-electron chi connectivity index (χ4n) is 4.57. The molecule has 2 aromatic carbocycles. The van der Waals surface area contributed by atoms with Crippen molar-refractivity contribution in [3.8, 4) is 17.0 Å². The predicted molar refractivity (Wildman–Crippen MR) is 123 cm³/mol. The van der Waals surface area contributed by atoms with Crippen LogP contribution in [0.2, 0.25) is 0 Å². The van der Waals surface area contributed by atoms with Gasteiger partial charge in [-0.3, -0.25) is 14.9 Å². The molecule has 1 atom stereocenters. The lowest BCUT2D eigenvalue weighted by Crippen LogP contribution is -2.52. The predicted octanol–water partition coefficient (Wildman–Crippen LogP) is 3.60. The van der Waals surface area contributed by atoms with Crippen LogP contribution in [0, 0.1) is 12.7 Å². The molecule has 1 saturated heterocycles. The Kier molecular flexibility index (Phi) is 7.19. The average molecular weight is 439 g/mol. The first-order chi connectivity index (χ1) is 15.6. The molecule has 2 N–H and O–H groups in total. The van der Waals surface area contributed by atoms with Gasteiger partial charge < -0.3 is 9.84 Å². The summed E-state index contributed by atoms with van der Waals surface area (Å²) in [5, 5.41) is 16.9. The van der Waals surface area contributed by atoms with Crippen molar-refractivity contribution in [2.75, 3.05) is 33.4 Å². The van der Waals surface area contributed by atoms with Crippen LogP contribution in [0.4, 0.5) is 4.39 Å². The minimum absolute atomic E-state index is 0.164. The molecular formula is C25H31FN4O2. The van der Waals surface area contributed by atoms with Crippen LogP contribution < -0.4 is 4.74 Å². The number of halogens is 1. The number of nitrogens with one attached hydrogen (secondary N) is 1. The van der Waals surface area contributed by atoms with Gasteiger partial charge in [0.2, 0.25) is 0 Å². The lowest BCUT2D eigenvalue weighted by molar-refractivity contribution is 0.0500. The maximum Gasteiger partial charge on any atom is 0.123 e. The molecule has 1 aliphatic heterocycles. The zero-order valence-electron chi connectivity index (χ0n) is 18.7. The molecule has 0 bridgehead atoms. The molecule has 1 fully saturated rings. The van der Waals surface area contributed by atoms with Gasteiger partial charge in [-0.2, -0.15) is 5.10 Å². The van der Waals surface area contributed by atoms with E-state index in [-0.39, 0.29) is 18.5 Å². The summed E-state index contributed by atoms with van der Waals surface area (Å²) in [5.41, 5.74) is 5.10. The third kappa shape index (κ3) is 5.18. The SMILES string of the molecule is COc1ccc(CN2CCN(Cc3cn[nH]c3-c3cccc(F)c3)CC2CCO)cc1C. The molecular weight excluding hydrogens is 407 g/mol. The first kappa shape index (κ1) is 22.5. The van der Waals surface area contributed by atoms with Crippen LogP contribution in [0.5, 0.6) is 5.75 Å². The van der Waals surface area contributed by atoms with Gasteiger partial charge in [0.1, 0.15) is 11.6 Å². The van der Waals surface area contributed by atoms with Crippen molar-refractivity contribution >= 4 is 0 Å². The Bertz CT molecular complexity index is 1040. The number of hydrogen-bond acceptors (Lipinski definition) is 5. The summed E-state index contributed by atoms with van der Waals surface area (Å²) in [4.78, 5) is 4.85. The summed E-state index contributed by atoms with van der Waals surface area (Å²) in [6.07, 6.45) is 2.56. The maximum atomic E-state index is 13.7. The summed E-state index contributed by atoms with van der Waals surface area (Å²) in [6.45, 7) is 6.52. The number of aliphatic hydroxyl groups is 1. The van der Waals surface area contributed by atoms with Gasteiger partial charge in [0.05, 0.1) is 19.0 Å². The molecule has 1 aliphatic rings. The van der Waals surface area contributed by atoms with E-state index in [1.807, 2.05) is 18.3 Å². The second-order valence-electron chi connectivity index (χ2n) is 8.46. The number of aromatic nitrogens is 2. The Hall–Kier alpha value is -2.74. The molecule has 0 spiro atoms. The highest BCUT2D eigenvalue weighted by atomic mass is 19.1. The van der Waals surface area contributed by atoms with Gasteiger partial charge in [-0.1, -0.05) is 24.3 Å². The number of aliphatic hydroxyl groups excluding tert-OH is 1. The van der Waals surface area contributed by atoms with E-state index < -0.39 is 0 Å². The minimum atomic E-state index is -0.256. The molecule has 0 radical (unpaired) electrons. The van der Waals surface area contributed by atoms with Crippen LogP contribution in [0.3, 0.4) is 0 Å². The van der Waals surface area contributed by atoms with Crippen molar-refractivity contribution in [2.45, 2.75) is 32.5 Å². The van der Waals surface area contributed by atoms with Crippen LogP contribution in [0.1, 0.15) is 23.1 Å². The van der Waals surface area contributed by atoms with Gasteiger partial charge >= 0.3 is 0 Å². The number of methoxy groups -OCH3 is 1. The number of aromatic amines is 1. The smallest absolute Gasteiger partial charge is 0.123 e. The molecule has 6 nitrogen and oxygen atoms in total. The first-order valence-corrected chi connectivity index (χ1v) is 11.1. The molecule has 0 aliphatic carbocycles. The molecule has 0 saturated carbocycles. The van der Waals surface area contributed by atoms with Gasteiger partial charge in [-0.05, 0) is 42.7 Å². The maximum absolute atomic E-state index is 13.7. The molecule has 1 aromatic heterocycles. The number of H-pyrrole nitrogens is 1. The fourth-order valence-corrected chi connectivity index (χ4v) is 4.57. The van der Waals surface area contributed by atoms with Gasteiger partial charge in [-0.25, -0.2) is 4.39 Å². The Morgan fingerprint density at radius 2 is 2.06 bits per heavy atom. The molecule has 2 heterocycles. The standard InChI is InChI=1S/C25H31FN4O2/c1-18-12-19(6-7-24(18)32-2)15-30-10-9-29(17-23(30)8-11-31)16-21-14-27-28-25(21)20-4-3-5-22(26)13-20/h3-7,12-14,23,31H,8-11,15-17H2,1-2H3,(H,27,28). The monoisotopic (exact) mass is 438 g/mol. The lowest BCUT2D eigenvalue weighted by Gasteiger charge is -2.41. The van der Waals surface area contributed by atoms with Crippen molar-refractivity contribution in [3.05, 3.63) is 71.2 Å². The summed E-state index contributed by atoms with van der Waals surface area (Å²) in [7, 11) is 1.69. The fraction of sp³-hybridized carbons (Fsp3) is 0.400. The number of hydrogen-bond donors (Lipinski definition) is 2. The van der Waals surface area contributed by atoms with Crippen LogP contribution in [0.25, 0.3) is 11.3 Å². The molecule has 7 heteroatoms. The van der Waals surface area contributed by atoms with Crippen LogP contribution in [0.15, 0.2) is 48.7 Å². The number of nitrogens with zero attached hydrogens (tertiary/aromatic N) is 3. The third-order valence-electron chi connectivity index (χ3n) is 6.22. The Balaban J connectivity index is 1.44. The van der Waals surface area contributed by atoms with E-state index in [1.165, 1.54) is 17.7 Å². The number of rotatable bonds is 8. The van der Waals surface area contributed by atoms with Crippen molar-refractivity contribution in [3.63, 3.8) is 0 Å². The van der Waals surface area contributed by atoms with E-state index in [1.54, 1.807) is 13.2 Å². The van der Waals surface area contributed by atoms with Crippen LogP contribution in [-0.2, 0) is 13.1 Å². The van der Waals surface area contributed by atoms with Crippen LogP contribution >= 0.6 is 0 Å². The normalized spacial score (nSPS) is 17.6. The van der Waals surface area contributed by atoms with E-state index in [2.05, 4.69) is 39.1 Å². The first-order valence-electron chi connectivity index (χ1n) is 11.1. The van der Waals surface area contributed by atoms with Crippen molar-refractivity contribution in [1.29, 1.82) is 0 Å². The number of benzene rings is 2. The number of piperazine rings is 1. The van der Waals surface area contributed by atoms with Crippen LogP contribution in [-0.4, -0.2) is 64.5 Å². The molecule has 170 valence electrons. The second-order valence-corrected chi connectivity index (χ2v) is 8.46. The van der Waals surface area contributed by atoms with Gasteiger partial charge in [0, 0.05) is 56.5 Å². The minimum Gasteiger partial charge on any atom is -0.496 e. The second kappa shape index (κ2) is 10.3. The van der Waals surface area contributed by atoms with Crippen molar-refractivity contribution < 1.29 is 14.2 Å². The third-order valence-corrected chi connectivity index (χ3v) is 6.22. The van der Waals surface area contributed by atoms with Crippen molar-refractivity contribution in [1.82, 2.24) is 20.0 Å². The van der Waals surface area contributed by atoms with E-state index in [4.69, 9.17) is 4.74 Å². The molecule has 1 unspecified atom stereocenters. The number of aryl methyl sites for hydroxylation is 1. The summed E-state index contributed by atoms with van der Waals surface area (Å²) >= 11 is 0. The highest BCUT2D eigenvalue weighted by Gasteiger charge is 2.27. The molecule has 32 heavy (non-hydrogen) atoms. The van der Waals surface area contributed by atoms with Gasteiger partial charge in [-0.15, -0.1) is 0 Å². The topological polar surface area (TPSA) is 64.6 Å². The number of ether oxygens (including phenoxy) is 1. The zero-order chi connectivity index (χ0) is 22.5. The average Bonchev–Trinajstić information content (AvgIpc) is 3.24. The summed E-state index contributed by atoms with van der Waals surface area (Å²) in [6, 6.07) is 13.2. The zero-order valence-corrected chi connectivity index (χ0v) is 18.7. The quantitative estimate of drug-likeness (QED) is 0.563. The Morgan fingerprint density at radius 3 is 2.81 bits per heavy atom. The largest absolute Gasteiger partial charge is 0.496 e. The lowest BCUT2D eigenvalue weighted by atomic mass is 10.0. The molecule has 4 rings (SSSR count). The van der Waals surface area contributed by atoms with Gasteiger partial charge in [0.25, 0.3) is 0 Å². The molecule has 3 aromatic rings. The van der Waals surface area contributed by atoms with E-state index in [0.717, 1.165) is 67.3 Å². The summed E-state index contributed by atoms with van der Waals surface area (Å²) in [5.74, 6) is 0.646. The molecule has 0 amide bonds. The highest BCUT2D eigenvalue weighted by molar-refractivity contribution is 5.62. The van der Waals surface area contributed by atoms with E-state index >= 15 is 0 Å². The van der Waals surface area contributed by atoms with E-state index in [9.17, 15) is 9.50 Å². The highest BCUT2D eigenvalue weighted by Crippen LogP contribution is 2.26. The van der Waals surface area contributed by atoms with Gasteiger partial charge in [0.15, 0.2) is 0 Å². The Morgan fingerprint density at radius 1 is 1.19 bits per heavy atom. The van der Waals surface area contributed by atoms with E-state index in [0.29, 0.717) is 0 Å².